The lowest BCUT2D eigenvalue weighted by Gasteiger charge is -2.05. The molecule has 1 aromatic carbocycles. The van der Waals surface area contributed by atoms with Crippen LogP contribution in [0.3, 0.4) is 0 Å². The third-order valence-corrected chi connectivity index (χ3v) is 3.35. The van der Waals surface area contributed by atoms with E-state index in [4.69, 9.17) is 11.6 Å². The van der Waals surface area contributed by atoms with E-state index in [2.05, 4.69) is 20.9 Å². The number of aromatic amines is 1. The van der Waals surface area contributed by atoms with Crippen LogP contribution in [0, 0.1) is 5.82 Å². The Balaban J connectivity index is 2.66. The average Bonchev–Trinajstić information content (AvgIpc) is 2.26. The van der Waals surface area contributed by atoms with Gasteiger partial charge in [0.05, 0.1) is 10.7 Å². The van der Waals surface area contributed by atoms with Crippen molar-refractivity contribution in [1.29, 1.82) is 0 Å². The zero-order chi connectivity index (χ0) is 11.7. The summed E-state index contributed by atoms with van der Waals surface area (Å²) in [6, 6.07) is 7.72. The van der Waals surface area contributed by atoms with Crippen LogP contribution in [-0.4, -0.2) is 4.98 Å². The molecule has 0 fully saturated rings. The van der Waals surface area contributed by atoms with E-state index in [0.717, 1.165) is 0 Å². The molecule has 0 aliphatic carbocycles. The van der Waals surface area contributed by atoms with Gasteiger partial charge < -0.3 is 4.98 Å². The Bertz CT molecular complexity index is 597. The summed E-state index contributed by atoms with van der Waals surface area (Å²) in [5.41, 5.74) is 0.390. The first kappa shape index (κ1) is 11.4. The Kier molecular flexibility index (Phi) is 3.12. The lowest BCUT2D eigenvalue weighted by molar-refractivity contribution is 0.630. The average molecular weight is 303 g/mol. The predicted octanol–water partition coefficient (Wildman–Crippen LogP) is 3.60. The number of halogens is 3. The fourth-order valence-corrected chi connectivity index (χ4v) is 1.81. The molecule has 0 bridgehead atoms. The molecular formula is C11H6BrClFNO. The van der Waals surface area contributed by atoms with Crippen molar-refractivity contribution in [3.05, 3.63) is 56.0 Å². The summed E-state index contributed by atoms with van der Waals surface area (Å²) in [4.78, 5) is 13.6. The van der Waals surface area contributed by atoms with Gasteiger partial charge in [-0.1, -0.05) is 17.7 Å². The molecule has 0 aliphatic rings. The maximum atomic E-state index is 13.8. The summed E-state index contributed by atoms with van der Waals surface area (Å²) in [6.07, 6.45) is 0. The number of hydrogen-bond acceptors (Lipinski definition) is 1. The van der Waals surface area contributed by atoms with E-state index >= 15 is 0 Å². The van der Waals surface area contributed by atoms with Crippen LogP contribution in [0.5, 0.6) is 0 Å². The number of H-pyrrole nitrogens is 1. The summed E-state index contributed by atoms with van der Waals surface area (Å²) in [5, 5.41) is 0.00204. The molecule has 2 rings (SSSR count). The lowest BCUT2D eigenvalue weighted by Crippen LogP contribution is -2.04. The molecule has 2 nitrogen and oxygen atoms in total. The Morgan fingerprint density at radius 2 is 2.00 bits per heavy atom. The fourth-order valence-electron chi connectivity index (χ4n) is 1.34. The fraction of sp³-hybridized carbons (Fsp3) is 0. The summed E-state index contributed by atoms with van der Waals surface area (Å²) in [7, 11) is 0. The van der Waals surface area contributed by atoms with Gasteiger partial charge in [-0.25, -0.2) is 4.39 Å². The van der Waals surface area contributed by atoms with E-state index in [1.165, 1.54) is 6.07 Å². The normalized spacial score (nSPS) is 10.4. The van der Waals surface area contributed by atoms with Crippen LogP contribution in [0.25, 0.3) is 11.3 Å². The van der Waals surface area contributed by atoms with Crippen molar-refractivity contribution in [1.82, 2.24) is 4.98 Å². The number of rotatable bonds is 1. The summed E-state index contributed by atoms with van der Waals surface area (Å²) in [5.74, 6) is -0.558. The van der Waals surface area contributed by atoms with Gasteiger partial charge in [-0.2, -0.15) is 0 Å². The molecule has 1 aromatic heterocycles. The minimum atomic E-state index is -0.558. The van der Waals surface area contributed by atoms with E-state index in [9.17, 15) is 9.18 Å². The largest absolute Gasteiger partial charge is 0.322 e. The highest BCUT2D eigenvalue weighted by atomic mass is 79.9. The number of aromatic nitrogens is 1. The quantitative estimate of drug-likeness (QED) is 0.802. The molecule has 1 N–H and O–H groups in total. The third kappa shape index (κ3) is 2.03. The molecule has 2 aromatic rings. The van der Waals surface area contributed by atoms with Gasteiger partial charge in [-0.3, -0.25) is 4.79 Å². The van der Waals surface area contributed by atoms with E-state index in [1.54, 1.807) is 24.3 Å². The van der Waals surface area contributed by atoms with Crippen molar-refractivity contribution in [2.75, 3.05) is 0 Å². The highest BCUT2D eigenvalue weighted by molar-refractivity contribution is 9.10. The van der Waals surface area contributed by atoms with Crippen molar-refractivity contribution >= 4 is 27.5 Å². The molecule has 16 heavy (non-hydrogen) atoms. The van der Waals surface area contributed by atoms with Gasteiger partial charge in [0.1, 0.15) is 0 Å². The lowest BCUT2D eigenvalue weighted by atomic mass is 10.1. The molecule has 5 heteroatoms. The number of nitrogens with one attached hydrogen (secondary N) is 1. The molecule has 0 aliphatic heterocycles. The van der Waals surface area contributed by atoms with Gasteiger partial charge in [0.2, 0.25) is 5.56 Å². The first-order valence-electron chi connectivity index (χ1n) is 4.43. The zero-order valence-corrected chi connectivity index (χ0v) is 10.3. The molecule has 0 saturated heterocycles. The van der Waals surface area contributed by atoms with Crippen LogP contribution in [-0.2, 0) is 0 Å². The minimum Gasteiger partial charge on any atom is -0.322 e. The molecule has 0 radical (unpaired) electrons. The Morgan fingerprint density at radius 1 is 1.25 bits per heavy atom. The topological polar surface area (TPSA) is 32.9 Å². The second kappa shape index (κ2) is 4.39. The Labute approximate surface area is 104 Å². The van der Waals surface area contributed by atoms with Crippen LogP contribution in [0.1, 0.15) is 0 Å². The van der Waals surface area contributed by atoms with Crippen LogP contribution in [0.2, 0.25) is 5.02 Å². The summed E-state index contributed by atoms with van der Waals surface area (Å²) >= 11 is 8.88. The zero-order valence-electron chi connectivity index (χ0n) is 7.93. The second-order valence-corrected chi connectivity index (χ2v) is 4.38. The number of pyridine rings is 1. The number of benzene rings is 1. The van der Waals surface area contributed by atoms with Crippen LogP contribution >= 0.6 is 27.5 Å². The van der Waals surface area contributed by atoms with Gasteiger partial charge >= 0.3 is 0 Å². The Morgan fingerprint density at radius 3 is 2.69 bits per heavy atom. The highest BCUT2D eigenvalue weighted by Crippen LogP contribution is 2.31. The van der Waals surface area contributed by atoms with E-state index < -0.39 is 5.82 Å². The maximum absolute atomic E-state index is 13.8. The molecule has 0 atom stereocenters. The molecule has 0 saturated carbocycles. The number of hydrogen-bond donors (Lipinski definition) is 1. The van der Waals surface area contributed by atoms with Crippen molar-refractivity contribution in [3.8, 4) is 11.3 Å². The van der Waals surface area contributed by atoms with E-state index in [0.29, 0.717) is 10.2 Å². The third-order valence-electron chi connectivity index (χ3n) is 2.09. The molecule has 82 valence electrons. The smallest absolute Gasteiger partial charge is 0.248 e. The van der Waals surface area contributed by atoms with Crippen LogP contribution in [0.15, 0.2) is 39.6 Å². The van der Waals surface area contributed by atoms with Crippen molar-refractivity contribution in [2.24, 2.45) is 0 Å². The molecule has 0 amide bonds. The van der Waals surface area contributed by atoms with Crippen LogP contribution < -0.4 is 5.56 Å². The van der Waals surface area contributed by atoms with Gasteiger partial charge in [0.25, 0.3) is 0 Å². The standard InChI is InChI=1S/C11H6BrClFNO/c12-7-5-4-6(11(14)10(7)13)8-2-1-3-9(16)15-8/h1-5H,(H,15,16). The maximum Gasteiger partial charge on any atom is 0.248 e. The molecular weight excluding hydrogens is 296 g/mol. The SMILES string of the molecule is O=c1cccc(-c2ccc(Br)c(Cl)c2F)[nH]1. The van der Waals surface area contributed by atoms with Crippen LogP contribution in [0.4, 0.5) is 4.39 Å². The van der Waals surface area contributed by atoms with Gasteiger partial charge in [-0.05, 0) is 34.1 Å². The predicted molar refractivity (Wildman–Crippen MR) is 65.2 cm³/mol. The van der Waals surface area contributed by atoms with Crippen molar-refractivity contribution in [3.63, 3.8) is 0 Å². The monoisotopic (exact) mass is 301 g/mol. The van der Waals surface area contributed by atoms with Crippen molar-refractivity contribution in [2.45, 2.75) is 0 Å². The van der Waals surface area contributed by atoms with E-state index in [-0.39, 0.29) is 16.1 Å². The first-order chi connectivity index (χ1) is 7.59. The van der Waals surface area contributed by atoms with E-state index in [1.807, 2.05) is 0 Å². The molecule has 1 heterocycles. The molecule has 0 spiro atoms. The minimum absolute atomic E-state index is 0.00204. The summed E-state index contributed by atoms with van der Waals surface area (Å²) < 4.78 is 14.3. The first-order valence-corrected chi connectivity index (χ1v) is 5.60. The van der Waals surface area contributed by atoms with Gasteiger partial charge in [-0.15, -0.1) is 0 Å². The second-order valence-electron chi connectivity index (χ2n) is 3.15. The molecule has 0 unspecified atom stereocenters. The van der Waals surface area contributed by atoms with Gasteiger partial charge in [0, 0.05) is 16.1 Å². The van der Waals surface area contributed by atoms with Gasteiger partial charge in [0.15, 0.2) is 5.82 Å². The Hall–Kier alpha value is -1.13. The highest BCUT2D eigenvalue weighted by Gasteiger charge is 2.11. The summed E-state index contributed by atoms with van der Waals surface area (Å²) in [6.45, 7) is 0. The van der Waals surface area contributed by atoms with Crippen molar-refractivity contribution < 1.29 is 4.39 Å².